The van der Waals surface area contributed by atoms with E-state index in [9.17, 15) is 9.90 Å². The largest absolute Gasteiger partial charge is 0.392 e. The number of hydrogen-bond acceptors (Lipinski definition) is 4. The van der Waals surface area contributed by atoms with Gasteiger partial charge in [-0.3, -0.25) is 14.6 Å². The average molecular weight is 396 g/mol. The zero-order valence-corrected chi connectivity index (χ0v) is 17.3. The highest BCUT2D eigenvalue weighted by molar-refractivity contribution is 5.94. The number of nitrogens with zero attached hydrogens (tertiary/aromatic N) is 2. The molecule has 1 fully saturated rings. The van der Waals surface area contributed by atoms with Crippen LogP contribution in [0.5, 0.6) is 0 Å². The highest BCUT2D eigenvalue weighted by Crippen LogP contribution is 2.23. The Balaban J connectivity index is 1.45. The Morgan fingerprint density at radius 1 is 1.14 bits per heavy atom. The monoisotopic (exact) mass is 395 g/mol. The van der Waals surface area contributed by atoms with Crippen molar-refractivity contribution in [3.63, 3.8) is 0 Å². The molecule has 0 bridgehead atoms. The van der Waals surface area contributed by atoms with Gasteiger partial charge in [-0.05, 0) is 50.6 Å². The number of likely N-dealkylation sites (N-methyl/N-ethyl adjacent to an activating group) is 1. The van der Waals surface area contributed by atoms with Gasteiger partial charge in [0, 0.05) is 37.8 Å². The molecule has 1 amide bonds. The number of aliphatic hydroxyl groups is 1. The number of carbonyl (C=O) groups excluding carboxylic acids is 1. The van der Waals surface area contributed by atoms with E-state index < -0.39 is 0 Å². The molecular formula is C24H33N3O2. The van der Waals surface area contributed by atoms with Crippen LogP contribution in [0.2, 0.25) is 0 Å². The molecule has 2 aromatic carbocycles. The van der Waals surface area contributed by atoms with E-state index in [4.69, 9.17) is 0 Å². The van der Waals surface area contributed by atoms with E-state index in [1.165, 1.54) is 5.56 Å². The Morgan fingerprint density at radius 3 is 2.48 bits per heavy atom. The first-order valence-corrected chi connectivity index (χ1v) is 10.6. The normalized spacial score (nSPS) is 18.1. The van der Waals surface area contributed by atoms with Crippen molar-refractivity contribution in [3.8, 4) is 0 Å². The van der Waals surface area contributed by atoms with Crippen LogP contribution in [0.15, 0.2) is 60.7 Å². The van der Waals surface area contributed by atoms with Gasteiger partial charge in [0.25, 0.3) is 5.91 Å². The van der Waals surface area contributed by atoms with E-state index in [0.717, 1.165) is 45.4 Å². The predicted octanol–water partition coefficient (Wildman–Crippen LogP) is 2.94. The van der Waals surface area contributed by atoms with Crippen LogP contribution in [0.1, 0.15) is 41.2 Å². The first kappa shape index (κ1) is 21.5. The van der Waals surface area contributed by atoms with E-state index >= 15 is 0 Å². The third-order valence-electron chi connectivity index (χ3n) is 5.65. The maximum absolute atomic E-state index is 12.1. The molecule has 0 unspecified atom stereocenters. The molecule has 3 rings (SSSR count). The minimum Gasteiger partial charge on any atom is -0.392 e. The van der Waals surface area contributed by atoms with Crippen molar-refractivity contribution >= 4 is 5.91 Å². The standard InChI is InChI=1S/C24H33N3O2/c1-26(16-9-8-15-25-24(29)21-12-6-3-7-13-21)23(20-10-4-2-5-11-20)19-27-17-14-22(28)18-27/h2-7,10-13,22-23,28H,8-9,14-19H2,1H3,(H,25,29)/t22-,23+/m0/s1. The zero-order valence-electron chi connectivity index (χ0n) is 17.3. The summed E-state index contributed by atoms with van der Waals surface area (Å²) in [6.07, 6.45) is 2.65. The maximum atomic E-state index is 12.1. The van der Waals surface area contributed by atoms with Gasteiger partial charge in [-0.1, -0.05) is 48.5 Å². The molecule has 2 atom stereocenters. The highest BCUT2D eigenvalue weighted by atomic mass is 16.3. The van der Waals surface area contributed by atoms with Crippen molar-refractivity contribution in [2.45, 2.75) is 31.4 Å². The van der Waals surface area contributed by atoms with Crippen LogP contribution in [0.25, 0.3) is 0 Å². The number of likely N-dealkylation sites (tertiary alicyclic amines) is 1. The molecule has 2 aromatic rings. The topological polar surface area (TPSA) is 55.8 Å². The van der Waals surface area contributed by atoms with Gasteiger partial charge < -0.3 is 10.4 Å². The molecule has 5 heteroatoms. The van der Waals surface area contributed by atoms with Crippen molar-refractivity contribution in [2.24, 2.45) is 0 Å². The first-order chi connectivity index (χ1) is 14.1. The maximum Gasteiger partial charge on any atom is 0.251 e. The second kappa shape index (κ2) is 11.1. The second-order valence-corrected chi connectivity index (χ2v) is 7.94. The molecular weight excluding hydrogens is 362 g/mol. The van der Waals surface area contributed by atoms with Crippen LogP contribution in [-0.4, -0.2) is 66.7 Å². The molecule has 0 spiro atoms. The number of unbranched alkanes of at least 4 members (excludes halogenated alkanes) is 1. The summed E-state index contributed by atoms with van der Waals surface area (Å²) in [5.41, 5.74) is 2.02. The molecule has 0 radical (unpaired) electrons. The molecule has 0 aliphatic carbocycles. The Bertz CT molecular complexity index is 738. The first-order valence-electron chi connectivity index (χ1n) is 10.6. The molecule has 2 N–H and O–H groups in total. The van der Waals surface area contributed by atoms with E-state index in [1.807, 2.05) is 30.3 Å². The Labute approximate surface area is 174 Å². The van der Waals surface area contributed by atoms with Gasteiger partial charge in [-0.2, -0.15) is 0 Å². The fourth-order valence-electron chi connectivity index (χ4n) is 3.93. The van der Waals surface area contributed by atoms with Gasteiger partial charge >= 0.3 is 0 Å². The number of amides is 1. The fourth-order valence-corrected chi connectivity index (χ4v) is 3.93. The molecule has 1 heterocycles. The summed E-state index contributed by atoms with van der Waals surface area (Å²) in [5.74, 6) is -0.00583. The lowest BCUT2D eigenvalue weighted by molar-refractivity contribution is 0.0952. The van der Waals surface area contributed by atoms with Crippen LogP contribution < -0.4 is 5.32 Å². The summed E-state index contributed by atoms with van der Waals surface area (Å²) < 4.78 is 0. The molecule has 1 aliphatic rings. The number of hydrogen-bond donors (Lipinski definition) is 2. The Morgan fingerprint density at radius 2 is 1.83 bits per heavy atom. The molecule has 0 saturated carbocycles. The Hall–Kier alpha value is -2.21. The Kier molecular flexibility index (Phi) is 8.23. The predicted molar refractivity (Wildman–Crippen MR) is 117 cm³/mol. The number of aliphatic hydroxyl groups excluding tert-OH is 1. The van der Waals surface area contributed by atoms with Crippen LogP contribution >= 0.6 is 0 Å². The summed E-state index contributed by atoms with van der Waals surface area (Å²) >= 11 is 0. The highest BCUT2D eigenvalue weighted by Gasteiger charge is 2.25. The van der Waals surface area contributed by atoms with Crippen molar-refractivity contribution in [1.29, 1.82) is 0 Å². The zero-order chi connectivity index (χ0) is 20.5. The van der Waals surface area contributed by atoms with Gasteiger partial charge in [0.1, 0.15) is 0 Å². The third-order valence-corrected chi connectivity index (χ3v) is 5.65. The smallest absolute Gasteiger partial charge is 0.251 e. The summed E-state index contributed by atoms with van der Waals surface area (Å²) in [4.78, 5) is 16.9. The van der Waals surface area contributed by atoms with Crippen LogP contribution in [0.4, 0.5) is 0 Å². The lowest BCUT2D eigenvalue weighted by Gasteiger charge is -2.32. The van der Waals surface area contributed by atoms with Crippen LogP contribution in [0, 0.1) is 0 Å². The third kappa shape index (κ3) is 6.67. The van der Waals surface area contributed by atoms with Gasteiger partial charge in [0.15, 0.2) is 0 Å². The minimum atomic E-state index is -0.190. The lowest BCUT2D eigenvalue weighted by Crippen LogP contribution is -2.36. The number of β-amino-alcohol motifs (C(OH)–C–C–N with tert-alkyl or cyclic N) is 1. The quantitative estimate of drug-likeness (QED) is 0.608. The van der Waals surface area contributed by atoms with E-state index in [1.54, 1.807) is 0 Å². The summed E-state index contributed by atoms with van der Waals surface area (Å²) in [7, 11) is 2.17. The SMILES string of the molecule is CN(CCCCNC(=O)c1ccccc1)[C@H](CN1CC[C@H](O)C1)c1ccccc1. The number of nitrogens with one attached hydrogen (secondary N) is 1. The fraction of sp³-hybridized carbons (Fsp3) is 0.458. The van der Waals surface area contributed by atoms with E-state index in [-0.39, 0.29) is 12.0 Å². The summed E-state index contributed by atoms with van der Waals surface area (Å²) in [5, 5.41) is 12.9. The summed E-state index contributed by atoms with van der Waals surface area (Å²) in [6.45, 7) is 4.32. The van der Waals surface area contributed by atoms with Crippen molar-refractivity contribution in [1.82, 2.24) is 15.1 Å². The second-order valence-electron chi connectivity index (χ2n) is 7.94. The van der Waals surface area contributed by atoms with Crippen molar-refractivity contribution < 1.29 is 9.90 Å². The molecule has 5 nitrogen and oxygen atoms in total. The molecule has 1 aliphatic heterocycles. The summed E-state index contributed by atoms with van der Waals surface area (Å²) in [6, 6.07) is 20.3. The van der Waals surface area contributed by atoms with Crippen molar-refractivity contribution in [3.05, 3.63) is 71.8 Å². The molecule has 156 valence electrons. The number of rotatable bonds is 10. The molecule has 29 heavy (non-hydrogen) atoms. The van der Waals surface area contributed by atoms with E-state index in [2.05, 4.69) is 52.5 Å². The van der Waals surface area contributed by atoms with E-state index in [0.29, 0.717) is 18.2 Å². The minimum absolute atomic E-state index is 0.00583. The van der Waals surface area contributed by atoms with Crippen LogP contribution in [-0.2, 0) is 0 Å². The number of benzene rings is 2. The van der Waals surface area contributed by atoms with Gasteiger partial charge in [-0.25, -0.2) is 0 Å². The molecule has 0 aromatic heterocycles. The lowest BCUT2D eigenvalue weighted by atomic mass is 10.0. The molecule has 1 saturated heterocycles. The van der Waals surface area contributed by atoms with Gasteiger partial charge in [0.2, 0.25) is 0 Å². The number of carbonyl (C=O) groups is 1. The van der Waals surface area contributed by atoms with Crippen LogP contribution in [0.3, 0.4) is 0 Å². The van der Waals surface area contributed by atoms with Gasteiger partial charge in [0.05, 0.1) is 6.10 Å². The van der Waals surface area contributed by atoms with Crippen molar-refractivity contribution in [2.75, 3.05) is 39.8 Å². The average Bonchev–Trinajstić information content (AvgIpc) is 3.17. The van der Waals surface area contributed by atoms with Gasteiger partial charge in [-0.15, -0.1) is 0 Å².